The number of carboxylic acids is 1. The maximum Gasteiger partial charge on any atom is 0.307 e. The van der Waals surface area contributed by atoms with E-state index in [1.54, 1.807) is 36.7 Å². The number of amides is 2. The number of halogens is 4. The van der Waals surface area contributed by atoms with Gasteiger partial charge in [-0.25, -0.2) is 9.97 Å². The van der Waals surface area contributed by atoms with Crippen LogP contribution in [0.15, 0.2) is 94.7 Å². The number of carboxylic acid groups (broad SMARTS) is 1. The van der Waals surface area contributed by atoms with E-state index in [1.165, 1.54) is 12.8 Å². The van der Waals surface area contributed by atoms with E-state index < -0.39 is 39.5 Å². The van der Waals surface area contributed by atoms with Crippen molar-refractivity contribution in [3.05, 3.63) is 140 Å². The molecule has 6 aromatic rings. The SMILES string of the molecule is CC1(C)CCC2(CC1)C[C@@H](C(=O)C[C@@H]1CC[C@@H](c3nnco3)OC1)[C@H](c1ccnc(Cl)c1)[C@]21C(=O)Nc2cc(Cl)ccc21.CC1(C)CCC2(CC1)C[C@@H](C(=O)O)[C@H](c1ccnc(Cl)c1)[C@]21C(=O)Nc2cc(Cl)ccc21.N[C@@H]1CC[C@@H](c2nnco2)OC1. The first kappa shape index (κ1) is 61.4. The molecule has 4 aromatic heterocycles. The maximum atomic E-state index is 14.6. The summed E-state index contributed by atoms with van der Waals surface area (Å²) in [5.41, 5.74) is 8.07. The Balaban J connectivity index is 0.000000146. The van der Waals surface area contributed by atoms with Crippen LogP contribution in [0.25, 0.3) is 0 Å². The third kappa shape index (κ3) is 11.1. The predicted octanol–water partition coefficient (Wildman–Crippen LogP) is 13.8. The van der Waals surface area contributed by atoms with Gasteiger partial charge in [-0.1, -0.05) is 86.2 Å². The Morgan fingerprint density at radius 2 is 1.07 bits per heavy atom. The number of Topliss-reactive ketones (excluding diaryl/α,β-unsaturated/α-hetero) is 1. The summed E-state index contributed by atoms with van der Waals surface area (Å²) < 4.78 is 21.9. The van der Waals surface area contributed by atoms with Crippen LogP contribution in [0.1, 0.15) is 182 Å². The zero-order valence-corrected chi connectivity index (χ0v) is 52.2. The lowest BCUT2D eigenvalue weighted by Gasteiger charge is -2.51. The molecular formula is C65H73Cl4N9O9. The molecule has 2 aromatic carbocycles. The second-order valence-corrected chi connectivity index (χ2v) is 28.8. The van der Waals surface area contributed by atoms with Gasteiger partial charge in [0.1, 0.15) is 28.3 Å². The number of ketones is 1. The monoisotopic (exact) mass is 1260 g/mol. The average Bonchev–Trinajstić information content (AvgIpc) is 1.54. The minimum Gasteiger partial charge on any atom is -0.481 e. The van der Waals surface area contributed by atoms with E-state index in [9.17, 15) is 24.3 Å². The number of nitrogens with one attached hydrogen (secondary N) is 2. The van der Waals surface area contributed by atoms with Crippen LogP contribution in [0.5, 0.6) is 0 Å². The molecule has 4 aliphatic heterocycles. The van der Waals surface area contributed by atoms with Crippen molar-refractivity contribution in [1.29, 1.82) is 0 Å². The minimum atomic E-state index is -1.00. The molecule has 8 aliphatic rings. The van der Waals surface area contributed by atoms with Gasteiger partial charge in [0, 0.05) is 64.0 Å². The molecule has 8 heterocycles. The van der Waals surface area contributed by atoms with Gasteiger partial charge >= 0.3 is 5.97 Å². The smallest absolute Gasteiger partial charge is 0.307 e. The van der Waals surface area contributed by atoms with E-state index in [1.807, 2.05) is 36.4 Å². The van der Waals surface area contributed by atoms with E-state index in [-0.39, 0.29) is 64.4 Å². The Bertz CT molecular complexity index is 3530. The fourth-order valence-corrected chi connectivity index (χ4v) is 17.6. The molecule has 87 heavy (non-hydrogen) atoms. The predicted molar refractivity (Wildman–Crippen MR) is 326 cm³/mol. The number of nitrogens with zero attached hydrogens (tertiary/aromatic N) is 6. The Morgan fingerprint density at radius 3 is 1.48 bits per heavy atom. The highest BCUT2D eigenvalue weighted by molar-refractivity contribution is 6.32. The lowest BCUT2D eigenvalue weighted by atomic mass is 9.51. The number of aliphatic carboxylic acids is 1. The highest BCUT2D eigenvalue weighted by Crippen LogP contribution is 2.74. The molecule has 6 fully saturated rings. The van der Waals surface area contributed by atoms with Gasteiger partial charge in [0.2, 0.25) is 36.4 Å². The lowest BCUT2D eigenvalue weighted by Crippen LogP contribution is -2.52. The number of anilines is 2. The van der Waals surface area contributed by atoms with Crippen molar-refractivity contribution < 1.29 is 42.6 Å². The van der Waals surface area contributed by atoms with Crippen LogP contribution in [0.2, 0.25) is 20.4 Å². The van der Waals surface area contributed by atoms with Crippen LogP contribution in [-0.4, -0.2) is 78.3 Å². The Hall–Kier alpha value is -5.86. The summed E-state index contributed by atoms with van der Waals surface area (Å²) in [4.78, 5) is 64.2. The van der Waals surface area contributed by atoms with Gasteiger partial charge in [0.15, 0.2) is 0 Å². The molecule has 14 rings (SSSR count). The molecule has 2 amide bonds. The van der Waals surface area contributed by atoms with Gasteiger partial charge in [0.05, 0.1) is 30.0 Å². The zero-order valence-electron chi connectivity index (χ0n) is 49.2. The van der Waals surface area contributed by atoms with Gasteiger partial charge in [0.25, 0.3) is 0 Å². The molecule has 10 atom stereocenters. The summed E-state index contributed by atoms with van der Waals surface area (Å²) >= 11 is 25.4. The molecule has 4 saturated carbocycles. The molecule has 0 radical (unpaired) electrons. The number of nitrogens with two attached hydrogens (primary N) is 1. The summed E-state index contributed by atoms with van der Waals surface area (Å²) in [6.07, 6.45) is 17.7. The second-order valence-electron chi connectivity index (χ2n) is 27.2. The van der Waals surface area contributed by atoms with Crippen LogP contribution in [0.3, 0.4) is 0 Å². The number of hydrogen-bond acceptors (Lipinski definition) is 15. The number of rotatable bonds is 8. The second kappa shape index (κ2) is 23.8. The van der Waals surface area contributed by atoms with Crippen molar-refractivity contribution in [3.63, 3.8) is 0 Å². The number of ether oxygens (including phenoxy) is 2. The number of pyridine rings is 2. The van der Waals surface area contributed by atoms with Crippen molar-refractivity contribution in [3.8, 4) is 0 Å². The van der Waals surface area contributed by atoms with Crippen LogP contribution in [0.4, 0.5) is 11.4 Å². The summed E-state index contributed by atoms with van der Waals surface area (Å²) in [5, 5.41) is 33.5. The molecule has 22 heteroatoms. The molecule has 0 bridgehead atoms. The number of carbonyl (C=O) groups excluding carboxylic acids is 3. The zero-order chi connectivity index (χ0) is 61.3. The average molecular weight is 1270 g/mol. The van der Waals surface area contributed by atoms with Crippen LogP contribution in [0, 0.1) is 39.4 Å². The van der Waals surface area contributed by atoms with E-state index in [4.69, 9.17) is 70.4 Å². The molecule has 460 valence electrons. The van der Waals surface area contributed by atoms with Crippen molar-refractivity contribution in [2.45, 2.75) is 165 Å². The van der Waals surface area contributed by atoms with Crippen molar-refractivity contribution in [2.75, 3.05) is 23.8 Å². The fraction of sp³-hybridized carbons (Fsp3) is 0.538. The van der Waals surface area contributed by atoms with E-state index >= 15 is 0 Å². The highest BCUT2D eigenvalue weighted by atomic mass is 35.5. The first-order valence-corrected chi connectivity index (χ1v) is 31.8. The molecule has 0 unspecified atom stereocenters. The molecular weight excluding hydrogens is 1190 g/mol. The minimum absolute atomic E-state index is 0.0406. The van der Waals surface area contributed by atoms with Crippen LogP contribution < -0.4 is 16.4 Å². The van der Waals surface area contributed by atoms with Gasteiger partial charge in [-0.2, -0.15) is 0 Å². The van der Waals surface area contributed by atoms with E-state index in [2.05, 4.69) is 68.7 Å². The van der Waals surface area contributed by atoms with Gasteiger partial charge in [-0.3, -0.25) is 19.2 Å². The molecule has 18 nitrogen and oxygen atoms in total. The van der Waals surface area contributed by atoms with Crippen molar-refractivity contribution >= 4 is 81.3 Å². The summed E-state index contributed by atoms with van der Waals surface area (Å²) in [6.45, 7) is 10.1. The first-order chi connectivity index (χ1) is 41.6. The molecule has 4 spiro atoms. The van der Waals surface area contributed by atoms with Gasteiger partial charge in [-0.15, -0.1) is 20.4 Å². The summed E-state index contributed by atoms with van der Waals surface area (Å²) in [7, 11) is 0. The van der Waals surface area contributed by atoms with E-state index in [0.717, 1.165) is 98.6 Å². The standard InChI is InChI=1S/C33H36Cl2N4O4.C25H26Cl2N2O3.C7H11N3O2/c1-31(2)8-10-32(11-9-31)16-22(25(40)13-19-3-6-26(42-17-19)29-39-37-18-43-29)28(20-7-12-36-27(35)14-20)33(32)23-5-4-21(34)15-24(23)38-30(33)41;1-23(2)6-8-24(9-7-23)13-16(21(30)31)20(14-5-10-28-19(27)11-14)25(24)17-4-3-15(26)12-18(17)29-22(25)32;8-5-1-2-6(11-3-5)7-10-9-4-12-7/h4-5,7,12,14-15,18-19,22,26,28H,3,6,8-11,13,16-17H2,1-2H3,(H,38,41);3-5,10-12,16,20H,6-9,13H2,1-2H3,(H,29,32)(H,30,31);4-6H,1-3,8H2/t19-,22-,26-,28-,33+;16-,20+,25-;5-,6+/m011/s1. The van der Waals surface area contributed by atoms with Gasteiger partial charge < -0.3 is 39.8 Å². The normalized spacial score (nSPS) is 30.4. The number of hydrogen-bond donors (Lipinski definition) is 4. The summed E-state index contributed by atoms with van der Waals surface area (Å²) in [6, 6.07) is 18.7. The fourth-order valence-electron chi connectivity index (χ4n) is 16.9. The molecule has 4 aliphatic carbocycles. The maximum absolute atomic E-state index is 14.6. The molecule has 2 saturated heterocycles. The Morgan fingerprint density at radius 1 is 0.609 bits per heavy atom. The Labute approximate surface area is 525 Å². The molecule has 5 N–H and O–H groups in total. The van der Waals surface area contributed by atoms with Crippen LogP contribution >= 0.6 is 46.4 Å². The highest BCUT2D eigenvalue weighted by Gasteiger charge is 2.74. The third-order valence-electron chi connectivity index (χ3n) is 21.2. The number of benzene rings is 2. The largest absolute Gasteiger partial charge is 0.481 e. The number of fused-ring (bicyclic) bond motifs is 6. The third-order valence-corrected chi connectivity index (χ3v) is 22.1. The van der Waals surface area contributed by atoms with Gasteiger partial charge in [-0.05, 0) is 188 Å². The quantitative estimate of drug-likeness (QED) is 0.103. The lowest BCUT2D eigenvalue weighted by molar-refractivity contribution is -0.142. The van der Waals surface area contributed by atoms with Crippen molar-refractivity contribution in [1.82, 2.24) is 30.4 Å². The topological polar surface area (TPSA) is 261 Å². The van der Waals surface area contributed by atoms with Crippen LogP contribution in [-0.2, 0) is 39.5 Å². The first-order valence-electron chi connectivity index (χ1n) is 30.3. The Kier molecular flexibility index (Phi) is 16.8. The number of carbonyl (C=O) groups is 4. The van der Waals surface area contributed by atoms with Crippen molar-refractivity contribution in [2.24, 2.45) is 45.1 Å². The number of aromatic nitrogens is 6. The van der Waals surface area contributed by atoms with E-state index in [0.29, 0.717) is 76.7 Å². The summed E-state index contributed by atoms with van der Waals surface area (Å²) in [5.74, 6) is -1.76.